The molecule has 47 heavy (non-hydrogen) atoms. The van der Waals surface area contributed by atoms with Crippen LogP contribution in [0.25, 0.3) is 0 Å². The fourth-order valence-corrected chi connectivity index (χ4v) is 5.75. The number of esters is 2. The van der Waals surface area contributed by atoms with Gasteiger partial charge in [-0.15, -0.1) is 0 Å². The van der Waals surface area contributed by atoms with Crippen LogP contribution < -0.4 is 0 Å². The predicted octanol–water partition coefficient (Wildman–Crippen LogP) is 9.85. The number of allylic oxidation sites excluding steroid dienone is 2. The van der Waals surface area contributed by atoms with Crippen molar-refractivity contribution in [2.75, 3.05) is 47.5 Å². The van der Waals surface area contributed by atoms with E-state index >= 15 is 0 Å². The summed E-state index contributed by atoms with van der Waals surface area (Å²) in [7, 11) is 1.47. The number of phosphoric acid groups is 1. The zero-order chi connectivity index (χ0) is 35.1. The van der Waals surface area contributed by atoms with Crippen LogP contribution >= 0.6 is 7.82 Å². The van der Waals surface area contributed by atoms with Gasteiger partial charge in [-0.05, 0) is 38.5 Å². The third kappa shape index (κ3) is 34.4. The van der Waals surface area contributed by atoms with Gasteiger partial charge in [0.2, 0.25) is 0 Å². The SMILES string of the molecule is CCCCCCCCCC/C=C/CCCCCC(=O)OC[C@@H](COP(=O)(O)OCC[N+](C)(C)C)OC(=O)CCCCCCCCCC. The van der Waals surface area contributed by atoms with E-state index in [0.717, 1.165) is 51.4 Å². The van der Waals surface area contributed by atoms with Crippen LogP contribution in [0.5, 0.6) is 0 Å². The summed E-state index contributed by atoms with van der Waals surface area (Å²) >= 11 is 0. The molecule has 2 atom stereocenters. The Morgan fingerprint density at radius 2 is 1.09 bits per heavy atom. The van der Waals surface area contributed by atoms with Gasteiger partial charge in [-0.3, -0.25) is 18.6 Å². The molecule has 1 N–H and O–H groups in total. The number of ether oxygens (including phenoxy) is 2. The number of carbonyl (C=O) groups excluding carboxylic acids is 2. The molecule has 0 aliphatic heterocycles. The summed E-state index contributed by atoms with van der Waals surface area (Å²) in [4.78, 5) is 35.0. The molecule has 0 saturated heterocycles. The average Bonchev–Trinajstić information content (AvgIpc) is 3.01. The van der Waals surface area contributed by atoms with Crippen molar-refractivity contribution in [1.82, 2.24) is 0 Å². The van der Waals surface area contributed by atoms with Gasteiger partial charge < -0.3 is 18.9 Å². The van der Waals surface area contributed by atoms with Crippen molar-refractivity contribution < 1.29 is 42.1 Å². The molecule has 0 radical (unpaired) electrons. The standard InChI is InChI=1S/C37H72NO8P/c1-6-8-10-12-14-16-17-18-19-20-21-22-24-25-27-29-36(39)43-33-35(34-45-47(41,42)44-32-31-38(3,4)5)46-37(40)30-28-26-23-15-13-11-9-7-2/h20-21,35H,6-19,22-34H2,1-5H3/p+1/b21-20+/t35-/m0/s1. The Hall–Kier alpha value is -1.25. The van der Waals surface area contributed by atoms with Crippen LogP contribution in [0.1, 0.15) is 162 Å². The number of unbranched alkanes of at least 4 members (excludes halogenated alkanes) is 18. The molecular formula is C37H73NO8P+. The molecule has 0 aromatic heterocycles. The molecule has 0 saturated carbocycles. The maximum Gasteiger partial charge on any atom is 0.472 e. The van der Waals surface area contributed by atoms with E-state index in [1.54, 1.807) is 0 Å². The van der Waals surface area contributed by atoms with Gasteiger partial charge in [0, 0.05) is 12.8 Å². The highest BCUT2D eigenvalue weighted by molar-refractivity contribution is 7.47. The summed E-state index contributed by atoms with van der Waals surface area (Å²) in [5.41, 5.74) is 0. The average molecular weight is 691 g/mol. The zero-order valence-electron chi connectivity index (χ0n) is 31.0. The van der Waals surface area contributed by atoms with Crippen molar-refractivity contribution in [1.29, 1.82) is 0 Å². The van der Waals surface area contributed by atoms with E-state index in [0.29, 0.717) is 17.4 Å². The summed E-state index contributed by atoms with van der Waals surface area (Å²) < 4.78 is 34.0. The van der Waals surface area contributed by atoms with Gasteiger partial charge in [-0.2, -0.15) is 0 Å². The Labute approximate surface area is 288 Å². The molecule has 0 heterocycles. The first-order valence-electron chi connectivity index (χ1n) is 18.9. The first kappa shape index (κ1) is 45.8. The third-order valence-electron chi connectivity index (χ3n) is 8.05. The first-order valence-corrected chi connectivity index (χ1v) is 20.4. The van der Waals surface area contributed by atoms with Crippen molar-refractivity contribution in [3.05, 3.63) is 12.2 Å². The number of hydrogen-bond acceptors (Lipinski definition) is 7. The van der Waals surface area contributed by atoms with E-state index in [1.165, 1.54) is 77.0 Å². The molecule has 0 rings (SSSR count). The highest BCUT2D eigenvalue weighted by Gasteiger charge is 2.27. The number of quaternary nitrogens is 1. The van der Waals surface area contributed by atoms with Crippen molar-refractivity contribution >= 4 is 19.8 Å². The van der Waals surface area contributed by atoms with Crippen LogP contribution in [0, 0.1) is 0 Å². The lowest BCUT2D eigenvalue weighted by Gasteiger charge is -2.24. The normalized spacial score (nSPS) is 13.9. The minimum absolute atomic E-state index is 0.0320. The molecule has 0 aromatic carbocycles. The molecule has 1 unspecified atom stereocenters. The van der Waals surface area contributed by atoms with E-state index < -0.39 is 26.5 Å². The zero-order valence-corrected chi connectivity index (χ0v) is 31.9. The second-order valence-electron chi connectivity index (χ2n) is 14.0. The molecule has 0 amide bonds. The Kier molecular flexibility index (Phi) is 30.0. The minimum Gasteiger partial charge on any atom is -0.462 e. The lowest BCUT2D eigenvalue weighted by Crippen LogP contribution is -2.37. The Bertz CT molecular complexity index is 830. The molecule has 0 aliphatic carbocycles. The lowest BCUT2D eigenvalue weighted by atomic mass is 10.1. The minimum atomic E-state index is -4.36. The summed E-state index contributed by atoms with van der Waals surface area (Å²) in [6.45, 7) is 4.36. The van der Waals surface area contributed by atoms with E-state index in [9.17, 15) is 19.0 Å². The van der Waals surface area contributed by atoms with Crippen molar-refractivity contribution in [3.8, 4) is 0 Å². The van der Waals surface area contributed by atoms with Gasteiger partial charge in [0.15, 0.2) is 6.10 Å². The summed E-state index contributed by atoms with van der Waals surface area (Å²) in [5, 5.41) is 0. The van der Waals surface area contributed by atoms with Gasteiger partial charge in [0.05, 0.1) is 27.7 Å². The van der Waals surface area contributed by atoms with Crippen LogP contribution in [-0.2, 0) is 32.7 Å². The largest absolute Gasteiger partial charge is 0.472 e. The van der Waals surface area contributed by atoms with Crippen molar-refractivity contribution in [2.45, 2.75) is 168 Å². The monoisotopic (exact) mass is 691 g/mol. The van der Waals surface area contributed by atoms with E-state index in [4.69, 9.17) is 18.5 Å². The highest BCUT2D eigenvalue weighted by Crippen LogP contribution is 2.43. The number of rotatable bonds is 34. The van der Waals surface area contributed by atoms with Crippen LogP contribution in [0.2, 0.25) is 0 Å². The summed E-state index contributed by atoms with van der Waals surface area (Å²) in [6, 6.07) is 0. The Morgan fingerprint density at radius 1 is 0.638 bits per heavy atom. The van der Waals surface area contributed by atoms with E-state index in [1.807, 2.05) is 21.1 Å². The van der Waals surface area contributed by atoms with Gasteiger partial charge in [0.25, 0.3) is 0 Å². The maximum absolute atomic E-state index is 12.5. The predicted molar refractivity (Wildman–Crippen MR) is 192 cm³/mol. The number of likely N-dealkylation sites (N-methyl/N-ethyl adjacent to an activating group) is 1. The summed E-state index contributed by atoms with van der Waals surface area (Å²) in [6.07, 6.45) is 28.4. The van der Waals surface area contributed by atoms with Crippen LogP contribution in [0.4, 0.5) is 0 Å². The topological polar surface area (TPSA) is 108 Å². The van der Waals surface area contributed by atoms with Gasteiger partial charge in [-0.1, -0.05) is 122 Å². The van der Waals surface area contributed by atoms with Crippen LogP contribution in [0.3, 0.4) is 0 Å². The molecule has 0 fully saturated rings. The number of nitrogens with zero attached hydrogens (tertiary/aromatic N) is 1. The fourth-order valence-electron chi connectivity index (χ4n) is 5.01. The molecule has 278 valence electrons. The number of hydrogen-bond donors (Lipinski definition) is 1. The summed E-state index contributed by atoms with van der Waals surface area (Å²) in [5.74, 6) is -0.819. The second kappa shape index (κ2) is 30.8. The second-order valence-corrected chi connectivity index (χ2v) is 15.4. The van der Waals surface area contributed by atoms with E-state index in [2.05, 4.69) is 26.0 Å². The van der Waals surface area contributed by atoms with Crippen LogP contribution in [0.15, 0.2) is 12.2 Å². The van der Waals surface area contributed by atoms with Crippen molar-refractivity contribution in [3.63, 3.8) is 0 Å². The van der Waals surface area contributed by atoms with E-state index in [-0.39, 0.29) is 32.0 Å². The smallest absolute Gasteiger partial charge is 0.462 e. The first-order chi connectivity index (χ1) is 22.5. The molecule has 0 aliphatic rings. The highest BCUT2D eigenvalue weighted by atomic mass is 31.2. The molecule has 0 bridgehead atoms. The van der Waals surface area contributed by atoms with Crippen molar-refractivity contribution in [2.24, 2.45) is 0 Å². The third-order valence-corrected chi connectivity index (χ3v) is 9.03. The molecular weight excluding hydrogens is 617 g/mol. The maximum atomic E-state index is 12.5. The van der Waals surface area contributed by atoms with Gasteiger partial charge in [-0.25, -0.2) is 4.57 Å². The van der Waals surface area contributed by atoms with Gasteiger partial charge >= 0.3 is 19.8 Å². The molecule has 10 heteroatoms. The van der Waals surface area contributed by atoms with Crippen LogP contribution in [-0.4, -0.2) is 74.9 Å². The quantitative estimate of drug-likeness (QED) is 0.0234. The van der Waals surface area contributed by atoms with Gasteiger partial charge in [0.1, 0.15) is 19.8 Å². The number of carbonyl (C=O) groups is 2. The number of phosphoric ester groups is 1. The fraction of sp³-hybridized carbons (Fsp3) is 0.892. The molecule has 0 aromatic rings. The Morgan fingerprint density at radius 3 is 1.60 bits per heavy atom. The lowest BCUT2D eigenvalue weighted by molar-refractivity contribution is -0.870. The molecule has 0 spiro atoms. The Balaban J connectivity index is 4.39. The molecule has 9 nitrogen and oxygen atoms in total.